The van der Waals surface area contributed by atoms with Gasteiger partial charge in [0.15, 0.2) is 0 Å². The molecular formula is C92H60N4. The summed E-state index contributed by atoms with van der Waals surface area (Å²) in [5.41, 5.74) is 24.2. The van der Waals surface area contributed by atoms with E-state index in [1.165, 1.54) is 176 Å². The molecule has 4 heterocycles. The molecule has 0 saturated heterocycles. The van der Waals surface area contributed by atoms with E-state index in [0.29, 0.717) is 0 Å². The smallest absolute Gasteiger partial charge is 0.0541 e. The Bertz CT molecular complexity index is 6440. The Morgan fingerprint density at radius 1 is 0.146 bits per heavy atom. The van der Waals surface area contributed by atoms with Crippen LogP contribution in [0.5, 0.6) is 0 Å². The van der Waals surface area contributed by atoms with Crippen molar-refractivity contribution >= 4 is 109 Å². The van der Waals surface area contributed by atoms with Gasteiger partial charge in [-0.25, -0.2) is 0 Å². The van der Waals surface area contributed by atoms with Crippen molar-refractivity contribution in [3.05, 3.63) is 364 Å². The van der Waals surface area contributed by atoms with Gasteiger partial charge in [0, 0.05) is 65.4 Å². The van der Waals surface area contributed by atoms with Crippen LogP contribution in [0.4, 0.5) is 0 Å². The maximum absolute atomic E-state index is 2.45. The van der Waals surface area contributed by atoms with E-state index in [4.69, 9.17) is 0 Å². The van der Waals surface area contributed by atoms with Crippen molar-refractivity contribution in [1.29, 1.82) is 0 Å². The molecule has 4 nitrogen and oxygen atoms in total. The number of aromatic nitrogens is 4. The van der Waals surface area contributed by atoms with E-state index in [1.807, 2.05) is 0 Å². The van der Waals surface area contributed by atoms with Crippen molar-refractivity contribution in [2.75, 3.05) is 0 Å². The number of benzene rings is 16. The Hall–Kier alpha value is -12.8. The molecule has 0 amide bonds. The Balaban J connectivity index is 0.000000135. The second-order valence-corrected chi connectivity index (χ2v) is 25.1. The molecule has 20 rings (SSSR count). The van der Waals surface area contributed by atoms with E-state index < -0.39 is 0 Å². The van der Waals surface area contributed by atoms with E-state index in [0.717, 1.165) is 0 Å². The SMILES string of the molecule is c1ccc(-c2cccc3c(-n4c5ccccc5c5cc(-c6ccc7c(c6)c6ccccc6n7-c6ccccc6)ccc54)cccc23)cc1.c1ccc(-c2ccccc2-n2c3ccccc3c3cc(-c4ccc5c(c4)c4ccccc4n5-c4ccc5ccccc5c4)ccc32)cc1. The number of rotatable bonds is 8. The van der Waals surface area contributed by atoms with Crippen molar-refractivity contribution in [2.45, 2.75) is 0 Å². The van der Waals surface area contributed by atoms with Gasteiger partial charge >= 0.3 is 0 Å². The van der Waals surface area contributed by atoms with Crippen LogP contribution in [0.15, 0.2) is 364 Å². The lowest BCUT2D eigenvalue weighted by Crippen LogP contribution is -1.97. The summed E-state index contributed by atoms with van der Waals surface area (Å²) in [6.45, 7) is 0. The summed E-state index contributed by atoms with van der Waals surface area (Å²) in [5, 5.41) is 15.1. The third-order valence-corrected chi connectivity index (χ3v) is 19.8. The largest absolute Gasteiger partial charge is 0.309 e. The Labute approximate surface area is 554 Å². The Morgan fingerprint density at radius 2 is 0.490 bits per heavy atom. The van der Waals surface area contributed by atoms with Crippen LogP contribution in [0.3, 0.4) is 0 Å². The standard InChI is InChI=1S/2C46H30N2/c1-3-13-31(14-4-1)35-19-11-21-37-36(35)20-12-24-44(37)48-43-23-10-8-18-39(43)41-30-33(26-28-46(41)48)32-25-27-45-40(29-32)38-17-7-9-22-42(38)47(45)34-15-5-2-6-16-34;1-2-13-32(14-3-1)37-16-6-9-19-42(37)48-44-21-11-8-18-39(44)41-30-35(24-27-46(41)48)34-23-26-45-40(29-34)38-17-7-10-20-43(38)47(45)36-25-22-31-12-4-5-15-33(31)28-36/h2*1-30H. The molecule has 0 N–H and O–H groups in total. The summed E-state index contributed by atoms with van der Waals surface area (Å²) >= 11 is 0. The van der Waals surface area contributed by atoms with Gasteiger partial charge in [0.2, 0.25) is 0 Å². The molecule has 0 saturated carbocycles. The fraction of sp³-hybridized carbons (Fsp3) is 0. The molecule has 4 aromatic heterocycles. The van der Waals surface area contributed by atoms with Gasteiger partial charge in [-0.05, 0) is 164 Å². The first kappa shape index (κ1) is 54.9. The molecule has 16 aromatic carbocycles. The number of fused-ring (bicyclic) bond motifs is 14. The highest BCUT2D eigenvalue weighted by molar-refractivity contribution is 6.16. The molecule has 20 aromatic rings. The number of hydrogen-bond donors (Lipinski definition) is 0. The number of hydrogen-bond acceptors (Lipinski definition) is 0. The van der Waals surface area contributed by atoms with Crippen LogP contribution in [-0.4, -0.2) is 18.3 Å². The molecule has 4 heteroatoms. The molecule has 448 valence electrons. The van der Waals surface area contributed by atoms with Gasteiger partial charge in [-0.1, -0.05) is 255 Å². The number of nitrogens with zero attached hydrogens (tertiary/aromatic N) is 4. The van der Waals surface area contributed by atoms with E-state index in [9.17, 15) is 0 Å². The third-order valence-electron chi connectivity index (χ3n) is 19.8. The molecule has 96 heavy (non-hydrogen) atoms. The van der Waals surface area contributed by atoms with E-state index >= 15 is 0 Å². The monoisotopic (exact) mass is 1220 g/mol. The minimum Gasteiger partial charge on any atom is -0.309 e. The fourth-order valence-electron chi connectivity index (χ4n) is 15.5. The molecule has 0 atom stereocenters. The maximum atomic E-state index is 2.45. The zero-order valence-electron chi connectivity index (χ0n) is 52.4. The van der Waals surface area contributed by atoms with Crippen molar-refractivity contribution in [3.63, 3.8) is 0 Å². The summed E-state index contributed by atoms with van der Waals surface area (Å²) in [5.74, 6) is 0. The van der Waals surface area contributed by atoms with E-state index in [-0.39, 0.29) is 0 Å². The first-order valence-corrected chi connectivity index (χ1v) is 33.1. The molecule has 0 fully saturated rings. The zero-order chi connectivity index (χ0) is 63.2. The van der Waals surface area contributed by atoms with Crippen molar-refractivity contribution in [2.24, 2.45) is 0 Å². The van der Waals surface area contributed by atoms with Crippen LogP contribution >= 0.6 is 0 Å². The van der Waals surface area contributed by atoms with Gasteiger partial charge in [-0.15, -0.1) is 0 Å². The lowest BCUT2D eigenvalue weighted by Gasteiger charge is -2.14. The maximum Gasteiger partial charge on any atom is 0.0541 e. The van der Waals surface area contributed by atoms with Crippen molar-refractivity contribution in [3.8, 4) is 67.3 Å². The van der Waals surface area contributed by atoms with Gasteiger partial charge in [-0.2, -0.15) is 0 Å². The molecule has 0 bridgehead atoms. The molecule has 0 aliphatic heterocycles. The second kappa shape index (κ2) is 22.5. The highest BCUT2D eigenvalue weighted by atomic mass is 15.0. The molecule has 0 unspecified atom stereocenters. The van der Waals surface area contributed by atoms with Gasteiger partial charge in [-0.3, -0.25) is 0 Å². The van der Waals surface area contributed by atoms with E-state index in [1.54, 1.807) is 0 Å². The summed E-state index contributed by atoms with van der Waals surface area (Å²) < 4.78 is 9.65. The van der Waals surface area contributed by atoms with Gasteiger partial charge < -0.3 is 18.3 Å². The number of para-hydroxylation sites is 6. The predicted octanol–water partition coefficient (Wildman–Crippen LogP) is 24.7. The first-order valence-electron chi connectivity index (χ1n) is 33.1. The highest BCUT2D eigenvalue weighted by Crippen LogP contribution is 2.43. The van der Waals surface area contributed by atoms with Crippen LogP contribution in [0.25, 0.3) is 176 Å². The summed E-state index contributed by atoms with van der Waals surface area (Å²) in [4.78, 5) is 0. The lowest BCUT2D eigenvalue weighted by molar-refractivity contribution is 1.18. The average Bonchev–Trinajstić information content (AvgIpc) is 1.58. The second-order valence-electron chi connectivity index (χ2n) is 25.1. The van der Waals surface area contributed by atoms with Crippen molar-refractivity contribution < 1.29 is 0 Å². The van der Waals surface area contributed by atoms with Crippen molar-refractivity contribution in [1.82, 2.24) is 18.3 Å². The summed E-state index contributed by atoms with van der Waals surface area (Å²) in [7, 11) is 0. The normalized spacial score (nSPS) is 11.8. The molecule has 0 radical (unpaired) electrons. The Kier molecular flexibility index (Phi) is 12.9. The minimum absolute atomic E-state index is 1.18. The lowest BCUT2D eigenvalue weighted by atomic mass is 9.97. The first-order chi connectivity index (χ1) is 47.6. The van der Waals surface area contributed by atoms with Crippen LogP contribution < -0.4 is 0 Å². The molecule has 0 aliphatic carbocycles. The quantitative estimate of drug-likeness (QED) is 0.144. The predicted molar refractivity (Wildman–Crippen MR) is 407 cm³/mol. The molecular weight excluding hydrogens is 1160 g/mol. The summed E-state index contributed by atoms with van der Waals surface area (Å²) in [6.07, 6.45) is 0. The molecule has 0 spiro atoms. The zero-order valence-corrected chi connectivity index (χ0v) is 52.4. The Morgan fingerprint density at radius 3 is 1.02 bits per heavy atom. The van der Waals surface area contributed by atoms with Crippen LogP contribution in [0, 0.1) is 0 Å². The van der Waals surface area contributed by atoms with Crippen LogP contribution in [0.1, 0.15) is 0 Å². The summed E-state index contributed by atoms with van der Waals surface area (Å²) in [6, 6.07) is 132. The van der Waals surface area contributed by atoms with E-state index in [2.05, 4.69) is 382 Å². The van der Waals surface area contributed by atoms with Gasteiger partial charge in [0.1, 0.15) is 0 Å². The topological polar surface area (TPSA) is 19.7 Å². The molecule has 0 aliphatic rings. The fourth-order valence-corrected chi connectivity index (χ4v) is 15.5. The minimum atomic E-state index is 1.18. The van der Waals surface area contributed by atoms with Gasteiger partial charge in [0.25, 0.3) is 0 Å². The van der Waals surface area contributed by atoms with Gasteiger partial charge in [0.05, 0.1) is 55.5 Å². The van der Waals surface area contributed by atoms with Crippen LogP contribution in [-0.2, 0) is 0 Å². The average molecular weight is 1220 g/mol. The third kappa shape index (κ3) is 8.91. The highest BCUT2D eigenvalue weighted by Gasteiger charge is 2.21. The van der Waals surface area contributed by atoms with Crippen LogP contribution in [0.2, 0.25) is 0 Å².